The lowest BCUT2D eigenvalue weighted by Gasteiger charge is -2.13. The lowest BCUT2D eigenvalue weighted by Crippen LogP contribution is -2.29. The fraction of sp³-hybridized carbons (Fsp3) is 0.0667. The molecular weight excluding hydrogens is 226 g/mol. The van der Waals surface area contributed by atoms with E-state index in [1.165, 1.54) is 12.1 Å². The summed E-state index contributed by atoms with van der Waals surface area (Å²) in [6.45, 7) is -0.359. The van der Waals surface area contributed by atoms with Crippen molar-refractivity contribution in [2.45, 2.75) is 6.54 Å². The predicted octanol–water partition coefficient (Wildman–Crippen LogP) is 2.48. The van der Waals surface area contributed by atoms with Gasteiger partial charge in [0.15, 0.2) is 0 Å². The van der Waals surface area contributed by atoms with Crippen molar-refractivity contribution in [2.75, 3.05) is 0 Å². The van der Waals surface area contributed by atoms with E-state index in [0.717, 1.165) is 4.90 Å². The van der Waals surface area contributed by atoms with E-state index in [4.69, 9.17) is 6.85 Å². The van der Waals surface area contributed by atoms with E-state index in [0.29, 0.717) is 0 Å². The lowest BCUT2D eigenvalue weighted by atomic mass is 10.1. The van der Waals surface area contributed by atoms with Gasteiger partial charge in [-0.3, -0.25) is 14.5 Å². The van der Waals surface area contributed by atoms with Crippen molar-refractivity contribution >= 4 is 11.8 Å². The molecule has 0 spiro atoms. The second-order valence-corrected chi connectivity index (χ2v) is 3.85. The summed E-state index contributed by atoms with van der Waals surface area (Å²) in [5, 5.41) is 0. The molecule has 0 radical (unpaired) electrons. The zero-order chi connectivity index (χ0) is 16.9. The number of hydrogen-bond donors (Lipinski definition) is 0. The fourth-order valence-corrected chi connectivity index (χ4v) is 1.90. The van der Waals surface area contributed by atoms with Gasteiger partial charge in [0.05, 0.1) is 24.5 Å². The number of fused-ring (bicyclic) bond motifs is 1. The van der Waals surface area contributed by atoms with Crippen LogP contribution in [0.2, 0.25) is 0 Å². The largest absolute Gasteiger partial charge is 0.270 e. The second-order valence-electron chi connectivity index (χ2n) is 3.85. The average molecular weight is 242 g/mol. The van der Waals surface area contributed by atoms with Crippen molar-refractivity contribution in [3.05, 3.63) is 71.2 Å². The molecular formula is C15H11NO2. The molecule has 88 valence electrons. The van der Waals surface area contributed by atoms with Crippen LogP contribution in [0.15, 0.2) is 54.5 Å². The van der Waals surface area contributed by atoms with Crippen LogP contribution in [0.5, 0.6) is 0 Å². The predicted molar refractivity (Wildman–Crippen MR) is 67.1 cm³/mol. The van der Waals surface area contributed by atoms with Crippen molar-refractivity contribution in [1.82, 2.24) is 4.90 Å². The number of nitrogens with zero attached hydrogens (tertiary/aromatic N) is 1. The molecule has 18 heavy (non-hydrogen) atoms. The molecule has 1 aliphatic rings. The topological polar surface area (TPSA) is 37.4 Å². The number of hydrogen-bond acceptors (Lipinski definition) is 2. The highest BCUT2D eigenvalue weighted by Crippen LogP contribution is 2.23. The molecule has 2 aromatic rings. The zero-order valence-corrected chi connectivity index (χ0v) is 9.28. The summed E-state index contributed by atoms with van der Waals surface area (Å²) in [4.78, 5) is 25.5. The highest BCUT2D eigenvalue weighted by molar-refractivity contribution is 6.21. The Labute approximate surface area is 112 Å². The summed E-state index contributed by atoms with van der Waals surface area (Å²) in [6, 6.07) is 4.02. The molecule has 3 heteroatoms. The van der Waals surface area contributed by atoms with Crippen LogP contribution in [0.25, 0.3) is 0 Å². The first-order chi connectivity index (χ1) is 10.8. The van der Waals surface area contributed by atoms with Gasteiger partial charge in [-0.15, -0.1) is 0 Å². The fourth-order valence-electron chi connectivity index (χ4n) is 1.90. The van der Waals surface area contributed by atoms with E-state index >= 15 is 0 Å². The number of carbonyl (C=O) groups is 2. The van der Waals surface area contributed by atoms with Crippen LogP contribution in [-0.2, 0) is 6.54 Å². The van der Waals surface area contributed by atoms with Crippen molar-refractivity contribution in [3.8, 4) is 0 Å². The minimum Gasteiger partial charge on any atom is -0.270 e. The summed E-state index contributed by atoms with van der Waals surface area (Å²) >= 11 is 0. The third-order valence-corrected chi connectivity index (χ3v) is 2.75. The third-order valence-electron chi connectivity index (χ3n) is 2.75. The molecule has 0 unspecified atom stereocenters. The van der Waals surface area contributed by atoms with Crippen molar-refractivity contribution in [2.24, 2.45) is 0 Å². The molecule has 0 aliphatic carbocycles. The molecule has 3 rings (SSSR count). The first-order valence-corrected chi connectivity index (χ1v) is 5.35. The van der Waals surface area contributed by atoms with Gasteiger partial charge in [0, 0.05) is 0 Å². The maximum Gasteiger partial charge on any atom is 0.261 e. The van der Waals surface area contributed by atoms with Gasteiger partial charge in [-0.1, -0.05) is 42.3 Å². The molecule has 0 N–H and O–H groups in total. The maximum atomic E-state index is 12.3. The Morgan fingerprint density at radius 1 is 0.944 bits per heavy atom. The number of carbonyl (C=O) groups excluding carboxylic acids is 2. The smallest absolute Gasteiger partial charge is 0.261 e. The standard InChI is InChI=1S/C15H11NO2/c17-14-12-8-4-5-9-13(12)15(18)16(14)10-11-6-2-1-3-7-11/h1-9H,10H2/i1D,2D,3D,6D,7D. The Morgan fingerprint density at radius 2 is 1.50 bits per heavy atom. The first-order valence-electron chi connectivity index (χ1n) is 7.85. The molecule has 0 saturated heterocycles. The van der Waals surface area contributed by atoms with E-state index in [2.05, 4.69) is 0 Å². The first kappa shape index (κ1) is 6.50. The van der Waals surface area contributed by atoms with Crippen LogP contribution in [0.3, 0.4) is 0 Å². The lowest BCUT2D eigenvalue weighted by molar-refractivity contribution is 0.0642. The van der Waals surface area contributed by atoms with Gasteiger partial charge >= 0.3 is 0 Å². The summed E-state index contributed by atoms with van der Waals surface area (Å²) < 4.78 is 38.6. The highest BCUT2D eigenvalue weighted by Gasteiger charge is 2.34. The SMILES string of the molecule is [2H]c1c([2H])c([2H])c(CN2C(=O)c3ccccc3C2=O)c([2H])c1[2H]. The molecule has 2 aromatic carbocycles. The van der Waals surface area contributed by atoms with Crippen LogP contribution in [0, 0.1) is 0 Å². The molecule has 0 fully saturated rings. The van der Waals surface area contributed by atoms with Gasteiger partial charge in [-0.2, -0.15) is 0 Å². The molecule has 0 atom stereocenters. The van der Waals surface area contributed by atoms with Crippen molar-refractivity contribution in [3.63, 3.8) is 0 Å². The summed E-state index contributed by atoms with van der Waals surface area (Å²) in [7, 11) is 0. The molecule has 3 nitrogen and oxygen atoms in total. The Bertz CT molecular complexity index is 801. The van der Waals surface area contributed by atoms with Crippen LogP contribution in [-0.4, -0.2) is 16.7 Å². The van der Waals surface area contributed by atoms with Gasteiger partial charge in [0.2, 0.25) is 0 Å². The number of amides is 2. The summed E-state index contributed by atoms with van der Waals surface area (Å²) in [5.41, 5.74) is 0.431. The molecule has 1 aliphatic heterocycles. The van der Waals surface area contributed by atoms with Crippen molar-refractivity contribution in [1.29, 1.82) is 0 Å². The van der Waals surface area contributed by atoms with Gasteiger partial charge < -0.3 is 0 Å². The number of benzene rings is 2. The quantitative estimate of drug-likeness (QED) is 0.759. The second kappa shape index (κ2) is 4.11. The van der Waals surface area contributed by atoms with Crippen LogP contribution < -0.4 is 0 Å². The molecule has 1 heterocycles. The van der Waals surface area contributed by atoms with Crippen LogP contribution >= 0.6 is 0 Å². The third kappa shape index (κ3) is 1.61. The Balaban J connectivity index is 2.05. The van der Waals surface area contributed by atoms with Gasteiger partial charge in [-0.05, 0) is 17.7 Å². The highest BCUT2D eigenvalue weighted by atomic mass is 16.2. The van der Waals surface area contributed by atoms with Gasteiger partial charge in [0.25, 0.3) is 11.8 Å². The van der Waals surface area contributed by atoms with E-state index in [-0.39, 0.29) is 23.2 Å². The normalized spacial score (nSPS) is 17.8. The number of rotatable bonds is 2. The number of imide groups is 1. The van der Waals surface area contributed by atoms with Gasteiger partial charge in [0.1, 0.15) is 0 Å². The molecule has 0 aromatic heterocycles. The summed E-state index contributed by atoms with van der Waals surface area (Å²) in [6.07, 6.45) is 0. The van der Waals surface area contributed by atoms with Gasteiger partial charge in [-0.25, -0.2) is 0 Å². The van der Waals surface area contributed by atoms with Crippen LogP contribution in [0.4, 0.5) is 0 Å². The van der Waals surface area contributed by atoms with E-state index in [1.54, 1.807) is 12.1 Å². The minimum atomic E-state index is -0.530. The molecule has 0 saturated carbocycles. The average Bonchev–Trinajstić information content (AvgIpc) is 2.80. The summed E-state index contributed by atoms with van der Waals surface area (Å²) in [5.74, 6) is -1.06. The van der Waals surface area contributed by atoms with E-state index in [1.807, 2.05) is 0 Å². The van der Waals surface area contributed by atoms with E-state index in [9.17, 15) is 9.59 Å². The Hall–Kier alpha value is -2.42. The molecule has 0 bridgehead atoms. The monoisotopic (exact) mass is 242 g/mol. The Morgan fingerprint density at radius 3 is 2.06 bits per heavy atom. The zero-order valence-electron chi connectivity index (χ0n) is 14.3. The maximum absolute atomic E-state index is 12.3. The van der Waals surface area contributed by atoms with E-state index < -0.39 is 42.0 Å². The minimum absolute atomic E-state index is 0.0782. The van der Waals surface area contributed by atoms with Crippen molar-refractivity contribution < 1.29 is 16.4 Å². The van der Waals surface area contributed by atoms with Crippen LogP contribution in [0.1, 0.15) is 33.1 Å². The Kier molecular flexibility index (Phi) is 1.48. The molecule has 2 amide bonds.